The molecule has 0 amide bonds. The summed E-state index contributed by atoms with van der Waals surface area (Å²) in [5, 5.41) is 14.0. The summed E-state index contributed by atoms with van der Waals surface area (Å²) in [6.45, 7) is 6.17. The molecule has 2 aromatic carbocycles. The number of aliphatic imine (C=N–C) groups is 3. The normalized spacial score (nSPS) is 21.2. The van der Waals surface area contributed by atoms with Crippen molar-refractivity contribution in [1.29, 1.82) is 0 Å². The van der Waals surface area contributed by atoms with Gasteiger partial charge in [0.05, 0.1) is 17.7 Å². The Hall–Kier alpha value is -3.87. The fraction of sp³-hybridized carbons (Fsp3) is 0.345. The zero-order chi connectivity index (χ0) is 26.9. The highest BCUT2D eigenvalue weighted by Crippen LogP contribution is 2.40. The molecule has 3 heterocycles. The lowest BCUT2D eigenvalue weighted by Gasteiger charge is -2.31. The number of allylic oxidation sites excluding steroid dienone is 2. The number of fused-ring (bicyclic) bond motifs is 2. The molecular formula is C29H29F2N5O2. The van der Waals surface area contributed by atoms with E-state index < -0.39 is 11.6 Å². The molecule has 0 saturated carbocycles. The highest BCUT2D eigenvalue weighted by molar-refractivity contribution is 6.29. The van der Waals surface area contributed by atoms with Gasteiger partial charge in [-0.1, -0.05) is 12.0 Å². The first-order valence-corrected chi connectivity index (χ1v) is 12.5. The van der Waals surface area contributed by atoms with Gasteiger partial charge in [-0.2, -0.15) is 0 Å². The number of rotatable bonds is 7. The Labute approximate surface area is 220 Å². The zero-order valence-electron chi connectivity index (χ0n) is 21.2. The van der Waals surface area contributed by atoms with E-state index in [9.17, 15) is 9.50 Å². The van der Waals surface area contributed by atoms with E-state index in [0.717, 1.165) is 38.8 Å². The van der Waals surface area contributed by atoms with Gasteiger partial charge < -0.3 is 15.2 Å². The molecule has 2 fully saturated rings. The molecule has 0 unspecified atom stereocenters. The second kappa shape index (κ2) is 10.5. The average Bonchev–Trinajstić information content (AvgIpc) is 3.49. The number of nitrogens with one attached hydrogen (secondary N) is 1. The van der Waals surface area contributed by atoms with Crippen molar-refractivity contribution in [3.8, 4) is 18.1 Å². The van der Waals surface area contributed by atoms with Crippen LogP contribution in [0.1, 0.15) is 36.8 Å². The fourth-order valence-corrected chi connectivity index (χ4v) is 5.85. The molecule has 2 N–H and O–H groups in total. The van der Waals surface area contributed by atoms with E-state index in [4.69, 9.17) is 11.2 Å². The van der Waals surface area contributed by atoms with Crippen molar-refractivity contribution in [1.82, 2.24) is 10.2 Å². The van der Waals surface area contributed by atoms with Crippen LogP contribution in [0.5, 0.6) is 5.75 Å². The van der Waals surface area contributed by atoms with Gasteiger partial charge in [0.25, 0.3) is 0 Å². The van der Waals surface area contributed by atoms with Gasteiger partial charge in [0.2, 0.25) is 0 Å². The first-order valence-electron chi connectivity index (χ1n) is 12.5. The maximum absolute atomic E-state index is 16.2. The summed E-state index contributed by atoms with van der Waals surface area (Å²) in [6.07, 6.45) is 11.5. The molecule has 0 radical (unpaired) electrons. The Morgan fingerprint density at radius 3 is 2.74 bits per heavy atom. The van der Waals surface area contributed by atoms with Crippen molar-refractivity contribution in [2.24, 2.45) is 15.0 Å². The second-order valence-electron chi connectivity index (χ2n) is 9.65. The van der Waals surface area contributed by atoms with Gasteiger partial charge in [0.15, 0.2) is 5.83 Å². The minimum Gasteiger partial charge on any atom is -0.508 e. The highest BCUT2D eigenvalue weighted by Gasteiger charge is 2.44. The molecule has 0 bridgehead atoms. The van der Waals surface area contributed by atoms with Gasteiger partial charge in [-0.15, -0.1) is 6.42 Å². The van der Waals surface area contributed by atoms with Gasteiger partial charge >= 0.3 is 0 Å². The number of hydrogen-bond donors (Lipinski definition) is 2. The van der Waals surface area contributed by atoms with Gasteiger partial charge in [-0.3, -0.25) is 14.9 Å². The topological polar surface area (TPSA) is 81.8 Å². The minimum absolute atomic E-state index is 0.0332. The standard InChI is InChI=1S/C29H29F2N5O2/c1-4-20-23(30)8-7-18-13-19(37)14-21(24(18)20)26-25(31)27(22(15-34-26)28(32-2)33-3)35-17-38-16-29-9-5-11-36(29)12-6-10-29/h1,7-8,13-15,33,37H,2,5-6,9-12,16-17H2,3H3/b28-22+,35-27+. The fourth-order valence-electron chi connectivity index (χ4n) is 5.85. The number of ether oxygens (including phenoxy) is 1. The molecule has 0 spiro atoms. The van der Waals surface area contributed by atoms with Crippen LogP contribution in [0.15, 0.2) is 56.5 Å². The van der Waals surface area contributed by atoms with Crippen LogP contribution < -0.4 is 5.32 Å². The summed E-state index contributed by atoms with van der Waals surface area (Å²) in [7, 11) is 1.63. The Kier molecular flexibility index (Phi) is 7.11. The lowest BCUT2D eigenvalue weighted by atomic mass is 9.94. The SMILES string of the molecule is C#Cc1c(F)ccc2cc(O)cc(C3=C(F)C(=N/COCC45CCCN4CCC5)/C(=C(\N=C)NC)C=N3)c12. The Balaban J connectivity index is 1.56. The first kappa shape index (κ1) is 25.8. The van der Waals surface area contributed by atoms with Gasteiger partial charge in [-0.05, 0) is 69.1 Å². The van der Waals surface area contributed by atoms with Gasteiger partial charge in [-0.25, -0.2) is 13.8 Å². The van der Waals surface area contributed by atoms with E-state index in [1.165, 1.54) is 30.5 Å². The van der Waals surface area contributed by atoms with E-state index in [1.54, 1.807) is 7.05 Å². The van der Waals surface area contributed by atoms with Crippen molar-refractivity contribution < 1.29 is 18.6 Å². The van der Waals surface area contributed by atoms with Crippen molar-refractivity contribution in [3.05, 3.63) is 58.4 Å². The smallest absolute Gasteiger partial charge is 0.175 e. The lowest BCUT2D eigenvalue weighted by Crippen LogP contribution is -2.42. The predicted molar refractivity (Wildman–Crippen MR) is 147 cm³/mol. The number of aromatic hydroxyl groups is 1. The zero-order valence-corrected chi connectivity index (χ0v) is 21.2. The molecule has 9 heteroatoms. The third kappa shape index (κ3) is 4.40. The quantitative estimate of drug-likeness (QED) is 0.321. The van der Waals surface area contributed by atoms with Crippen LogP contribution in [0.2, 0.25) is 0 Å². The van der Waals surface area contributed by atoms with E-state index in [1.807, 2.05) is 0 Å². The monoisotopic (exact) mass is 517 g/mol. The second-order valence-corrected chi connectivity index (χ2v) is 9.65. The summed E-state index contributed by atoms with van der Waals surface area (Å²) in [6, 6.07) is 5.44. The van der Waals surface area contributed by atoms with Crippen LogP contribution in [0.3, 0.4) is 0 Å². The van der Waals surface area contributed by atoms with Crippen LogP contribution in [0.25, 0.3) is 16.5 Å². The summed E-state index contributed by atoms with van der Waals surface area (Å²) < 4.78 is 36.8. The lowest BCUT2D eigenvalue weighted by molar-refractivity contribution is 0.0392. The summed E-state index contributed by atoms with van der Waals surface area (Å²) >= 11 is 0. The largest absolute Gasteiger partial charge is 0.508 e. The van der Waals surface area contributed by atoms with Crippen LogP contribution in [0.4, 0.5) is 8.78 Å². The number of terminal acetylenes is 1. The molecule has 3 aliphatic heterocycles. The number of halogens is 2. The summed E-state index contributed by atoms with van der Waals surface area (Å²) in [5.74, 6) is 1.09. The molecule has 2 saturated heterocycles. The predicted octanol–water partition coefficient (Wildman–Crippen LogP) is 4.56. The van der Waals surface area contributed by atoms with Gasteiger partial charge in [0.1, 0.15) is 35.5 Å². The third-order valence-electron chi connectivity index (χ3n) is 7.59. The minimum atomic E-state index is -0.775. The number of hydrogen-bond acceptors (Lipinski definition) is 7. The molecular weight excluding hydrogens is 488 g/mol. The first-order chi connectivity index (χ1) is 18.4. The van der Waals surface area contributed by atoms with Crippen molar-refractivity contribution >= 4 is 35.1 Å². The van der Waals surface area contributed by atoms with E-state index in [2.05, 4.69) is 37.8 Å². The molecule has 7 nitrogen and oxygen atoms in total. The van der Waals surface area contributed by atoms with Crippen molar-refractivity contribution in [2.75, 3.05) is 33.5 Å². The summed E-state index contributed by atoms with van der Waals surface area (Å²) in [5.41, 5.74) is 0.276. The highest BCUT2D eigenvalue weighted by atomic mass is 19.1. The molecule has 196 valence electrons. The van der Waals surface area contributed by atoms with E-state index >= 15 is 4.39 Å². The molecule has 0 aliphatic carbocycles. The van der Waals surface area contributed by atoms with Crippen LogP contribution >= 0.6 is 0 Å². The van der Waals surface area contributed by atoms with Gasteiger partial charge in [0, 0.05) is 29.8 Å². The molecule has 3 aliphatic rings. The molecule has 38 heavy (non-hydrogen) atoms. The van der Waals surface area contributed by atoms with Crippen LogP contribution in [0, 0.1) is 18.2 Å². The molecule has 5 rings (SSSR count). The Morgan fingerprint density at radius 2 is 2.05 bits per heavy atom. The molecule has 2 aromatic rings. The summed E-state index contributed by atoms with van der Waals surface area (Å²) in [4.78, 5) is 15.2. The number of phenols is 1. The van der Waals surface area contributed by atoms with E-state index in [0.29, 0.717) is 17.6 Å². The van der Waals surface area contributed by atoms with E-state index in [-0.39, 0.29) is 51.8 Å². The van der Waals surface area contributed by atoms with Crippen molar-refractivity contribution in [3.63, 3.8) is 0 Å². The Morgan fingerprint density at radius 1 is 1.29 bits per heavy atom. The maximum atomic E-state index is 16.2. The van der Waals surface area contributed by atoms with Crippen molar-refractivity contribution in [2.45, 2.75) is 31.2 Å². The van der Waals surface area contributed by atoms with Crippen LogP contribution in [-0.2, 0) is 4.74 Å². The molecule has 0 aromatic heterocycles. The molecule has 0 atom stereocenters. The average molecular weight is 518 g/mol. The number of nitrogens with zero attached hydrogens (tertiary/aromatic N) is 4. The van der Waals surface area contributed by atoms with Crippen LogP contribution in [-0.4, -0.2) is 67.7 Å². The number of phenolic OH excluding ortho intramolecular Hbond substituents is 1. The third-order valence-corrected chi connectivity index (χ3v) is 7.59. The Bertz CT molecular complexity index is 1460. The number of benzene rings is 2. The maximum Gasteiger partial charge on any atom is 0.175 e.